The number of hydrogen-bond donors (Lipinski definition) is 2. The van der Waals surface area contributed by atoms with E-state index in [0.717, 1.165) is 29.7 Å². The molecular formula is C31H25Cl2FN4O3. The van der Waals surface area contributed by atoms with Gasteiger partial charge in [0.15, 0.2) is 0 Å². The van der Waals surface area contributed by atoms with Gasteiger partial charge in [0.05, 0.1) is 21.6 Å². The second-order valence-electron chi connectivity index (χ2n) is 11.7. The number of benzene rings is 3. The Labute approximate surface area is 244 Å². The van der Waals surface area contributed by atoms with Gasteiger partial charge in [-0.2, -0.15) is 0 Å². The lowest BCUT2D eigenvalue weighted by Gasteiger charge is -2.40. The highest BCUT2D eigenvalue weighted by atomic mass is 35.5. The molecule has 41 heavy (non-hydrogen) atoms. The fraction of sp³-hybridized carbons (Fsp3) is 0.323. The van der Waals surface area contributed by atoms with E-state index < -0.39 is 23.2 Å². The number of nitrogens with zero attached hydrogens (tertiary/aromatic N) is 3. The summed E-state index contributed by atoms with van der Waals surface area (Å²) in [5.41, 5.74) is 2.81. The van der Waals surface area contributed by atoms with Crippen molar-refractivity contribution in [1.29, 1.82) is 0 Å². The van der Waals surface area contributed by atoms with E-state index in [1.54, 1.807) is 43.3 Å². The molecule has 2 N–H and O–H groups in total. The number of aryl methyl sites for hydroxylation is 1. The summed E-state index contributed by atoms with van der Waals surface area (Å²) >= 11 is 12.7. The molecule has 3 aliphatic heterocycles. The van der Waals surface area contributed by atoms with E-state index in [4.69, 9.17) is 28.2 Å². The number of amides is 1. The van der Waals surface area contributed by atoms with Crippen LogP contribution in [-0.2, 0) is 16.9 Å². The molecule has 1 spiro atoms. The molecule has 4 aromatic rings. The Morgan fingerprint density at radius 3 is 2.76 bits per heavy atom. The van der Waals surface area contributed by atoms with Crippen molar-refractivity contribution < 1.29 is 19.1 Å². The van der Waals surface area contributed by atoms with E-state index in [1.165, 1.54) is 6.07 Å². The topological polar surface area (TPSA) is 87.5 Å². The molecule has 0 radical (unpaired) electrons. The molecule has 3 aromatic carbocycles. The van der Waals surface area contributed by atoms with E-state index in [0.29, 0.717) is 46.4 Å². The molecule has 1 aliphatic carbocycles. The molecule has 4 heterocycles. The minimum Gasteiger partial charge on any atom is -0.478 e. The lowest BCUT2D eigenvalue weighted by Crippen LogP contribution is -2.53. The Kier molecular flexibility index (Phi) is 5.26. The van der Waals surface area contributed by atoms with Gasteiger partial charge in [0.25, 0.3) is 0 Å². The number of hydrogen-bond acceptors (Lipinski definition) is 4. The molecule has 208 valence electrons. The van der Waals surface area contributed by atoms with E-state index in [9.17, 15) is 14.7 Å². The van der Waals surface area contributed by atoms with Gasteiger partial charge in [0, 0.05) is 47.2 Å². The first-order chi connectivity index (χ1) is 19.7. The average Bonchev–Trinajstić information content (AvgIpc) is 3.36. The standard InChI is InChI=1S/C31H25Cl2FN4O3/c1-14-17(29(39)40)8-10-22-27(14)36-28-24-23(13-37(22)28)38(12-15-5-6-15)31(25(24)18-3-2-4-20(33)26(18)34)19-9-7-16(32)11-21(19)35-30(31)41/h2-4,7-11,15,23-25H,5-6,12-13H2,1H3,(H,35,41)(H,39,40)/t23-,24+,25-,31+/m0/s1. The van der Waals surface area contributed by atoms with Gasteiger partial charge < -0.3 is 15.0 Å². The summed E-state index contributed by atoms with van der Waals surface area (Å²) in [7, 11) is 0. The molecule has 4 atom stereocenters. The van der Waals surface area contributed by atoms with E-state index in [-0.39, 0.29) is 28.5 Å². The molecule has 1 aromatic heterocycles. The number of carboxylic acid groups (broad SMARTS) is 1. The Morgan fingerprint density at radius 2 is 2.00 bits per heavy atom. The summed E-state index contributed by atoms with van der Waals surface area (Å²) in [4.78, 5) is 33.6. The van der Waals surface area contributed by atoms with E-state index >= 15 is 4.39 Å². The summed E-state index contributed by atoms with van der Waals surface area (Å²) in [5, 5.41) is 13.3. The SMILES string of the molecule is Cc1c(C(=O)O)ccc2c1nc1n2C[C@H]2[C@@H]1[C@H](c1cccc(Cl)c1F)[C@]1(C(=O)Nc3cc(Cl)ccc31)N2CC1CC1. The van der Waals surface area contributed by atoms with Crippen LogP contribution < -0.4 is 5.32 Å². The van der Waals surface area contributed by atoms with Gasteiger partial charge in [0.1, 0.15) is 17.2 Å². The Hall–Kier alpha value is -3.46. The van der Waals surface area contributed by atoms with Crippen LogP contribution in [0.15, 0.2) is 48.5 Å². The second-order valence-corrected chi connectivity index (χ2v) is 12.6. The van der Waals surface area contributed by atoms with Gasteiger partial charge in [-0.1, -0.05) is 41.4 Å². The molecule has 1 amide bonds. The highest BCUT2D eigenvalue weighted by molar-refractivity contribution is 6.31. The summed E-state index contributed by atoms with van der Waals surface area (Å²) < 4.78 is 18.2. The quantitative estimate of drug-likeness (QED) is 0.291. The van der Waals surface area contributed by atoms with Gasteiger partial charge in [-0.15, -0.1) is 0 Å². The number of halogens is 3. The van der Waals surface area contributed by atoms with Crippen LogP contribution in [0.25, 0.3) is 11.0 Å². The molecule has 1 saturated carbocycles. The first kappa shape index (κ1) is 25.3. The van der Waals surface area contributed by atoms with Crippen LogP contribution in [0, 0.1) is 18.7 Å². The van der Waals surface area contributed by atoms with Crippen molar-refractivity contribution in [3.8, 4) is 0 Å². The van der Waals surface area contributed by atoms with Crippen molar-refractivity contribution in [2.75, 3.05) is 11.9 Å². The highest BCUT2D eigenvalue weighted by Crippen LogP contribution is 2.65. The van der Waals surface area contributed by atoms with Crippen LogP contribution in [0.4, 0.5) is 10.1 Å². The lowest BCUT2D eigenvalue weighted by molar-refractivity contribution is -0.128. The van der Waals surface area contributed by atoms with Gasteiger partial charge in [-0.25, -0.2) is 14.2 Å². The number of rotatable bonds is 4. The Balaban J connectivity index is 1.43. The third-order valence-electron chi connectivity index (χ3n) is 9.63. The van der Waals surface area contributed by atoms with Crippen molar-refractivity contribution in [2.45, 2.75) is 49.7 Å². The average molecular weight is 591 g/mol. The summed E-state index contributed by atoms with van der Waals surface area (Å²) in [6.07, 6.45) is 2.17. The third kappa shape index (κ3) is 3.27. The van der Waals surface area contributed by atoms with Crippen molar-refractivity contribution in [3.63, 3.8) is 0 Å². The lowest BCUT2D eigenvalue weighted by atomic mass is 9.71. The predicted molar refractivity (Wildman–Crippen MR) is 153 cm³/mol. The van der Waals surface area contributed by atoms with Crippen molar-refractivity contribution in [3.05, 3.63) is 92.5 Å². The molecule has 7 nitrogen and oxygen atoms in total. The van der Waals surface area contributed by atoms with E-state index in [2.05, 4.69) is 14.8 Å². The van der Waals surface area contributed by atoms with Gasteiger partial charge in [-0.3, -0.25) is 9.69 Å². The molecule has 8 rings (SSSR count). The number of nitrogens with one attached hydrogen (secondary N) is 1. The Morgan fingerprint density at radius 1 is 1.20 bits per heavy atom. The summed E-state index contributed by atoms with van der Waals surface area (Å²) in [6.45, 7) is 3.01. The van der Waals surface area contributed by atoms with Crippen molar-refractivity contribution in [2.24, 2.45) is 5.92 Å². The fourth-order valence-electron chi connectivity index (χ4n) is 7.78. The smallest absolute Gasteiger partial charge is 0.336 e. The number of carbonyl (C=O) groups is 2. The number of anilines is 1. The number of carboxylic acids is 1. The maximum absolute atomic E-state index is 16.1. The predicted octanol–water partition coefficient (Wildman–Crippen LogP) is 6.31. The molecule has 0 unspecified atom stereocenters. The largest absolute Gasteiger partial charge is 0.478 e. The van der Waals surface area contributed by atoms with Crippen LogP contribution in [0.3, 0.4) is 0 Å². The summed E-state index contributed by atoms with van der Waals surface area (Å²) in [6, 6.07) is 13.7. The van der Waals surface area contributed by atoms with Crippen LogP contribution in [0.5, 0.6) is 0 Å². The molecule has 4 aliphatic rings. The zero-order valence-electron chi connectivity index (χ0n) is 22.0. The number of aromatic carboxylic acids is 1. The normalized spacial score (nSPS) is 26.4. The van der Waals surface area contributed by atoms with E-state index in [1.807, 2.05) is 6.07 Å². The third-order valence-corrected chi connectivity index (χ3v) is 10.2. The highest BCUT2D eigenvalue weighted by Gasteiger charge is 2.70. The van der Waals surface area contributed by atoms with Crippen molar-refractivity contribution in [1.82, 2.24) is 14.5 Å². The van der Waals surface area contributed by atoms with Gasteiger partial charge in [-0.05, 0) is 67.1 Å². The molecule has 0 bridgehead atoms. The molecule has 1 saturated heterocycles. The number of imidazole rings is 1. The number of likely N-dealkylation sites (tertiary alicyclic amines) is 1. The maximum atomic E-state index is 16.1. The maximum Gasteiger partial charge on any atom is 0.336 e. The van der Waals surface area contributed by atoms with Crippen LogP contribution in [0.2, 0.25) is 10.0 Å². The monoisotopic (exact) mass is 590 g/mol. The van der Waals surface area contributed by atoms with Crippen LogP contribution >= 0.6 is 23.2 Å². The number of carbonyl (C=O) groups excluding carboxylic acids is 1. The van der Waals surface area contributed by atoms with Crippen LogP contribution in [0.1, 0.15) is 57.6 Å². The van der Waals surface area contributed by atoms with Crippen LogP contribution in [-0.4, -0.2) is 44.0 Å². The first-order valence-corrected chi connectivity index (χ1v) is 14.5. The minimum atomic E-state index is -1.20. The second kappa shape index (κ2) is 8.53. The zero-order chi connectivity index (χ0) is 28.4. The Bertz CT molecular complexity index is 1840. The fourth-order valence-corrected chi connectivity index (χ4v) is 8.13. The minimum absolute atomic E-state index is 0.00183. The van der Waals surface area contributed by atoms with Gasteiger partial charge in [0.2, 0.25) is 5.91 Å². The molecule has 2 fully saturated rings. The van der Waals surface area contributed by atoms with Crippen molar-refractivity contribution >= 4 is 51.8 Å². The number of aromatic nitrogens is 2. The van der Waals surface area contributed by atoms with Gasteiger partial charge >= 0.3 is 5.97 Å². The molecular weight excluding hydrogens is 566 g/mol. The molecule has 10 heteroatoms. The summed E-state index contributed by atoms with van der Waals surface area (Å²) in [5.74, 6) is -1.58. The zero-order valence-corrected chi connectivity index (χ0v) is 23.5. The first-order valence-electron chi connectivity index (χ1n) is 13.8. The number of fused-ring (bicyclic) bond motifs is 7.